The second-order valence-corrected chi connectivity index (χ2v) is 7.00. The molecule has 3 heteroatoms. The lowest BCUT2D eigenvalue weighted by Crippen LogP contribution is -2.43. The van der Waals surface area contributed by atoms with E-state index in [1.165, 1.54) is 32.2 Å². The van der Waals surface area contributed by atoms with Gasteiger partial charge in [0.05, 0.1) is 6.07 Å². The van der Waals surface area contributed by atoms with Crippen LogP contribution in [0.5, 0.6) is 0 Å². The smallest absolute Gasteiger partial charge is 0.104 e. The van der Waals surface area contributed by atoms with Gasteiger partial charge < -0.3 is 4.90 Å². The number of hydrogen-bond donors (Lipinski definition) is 1. The van der Waals surface area contributed by atoms with Crippen molar-refractivity contribution >= 4 is 0 Å². The molecule has 3 nitrogen and oxygen atoms in total. The van der Waals surface area contributed by atoms with E-state index in [2.05, 4.69) is 37.1 Å². The average Bonchev–Trinajstić information content (AvgIpc) is 3.23. The van der Waals surface area contributed by atoms with Gasteiger partial charge >= 0.3 is 0 Å². The molecule has 19 heavy (non-hydrogen) atoms. The summed E-state index contributed by atoms with van der Waals surface area (Å²) in [5.74, 6) is 0.953. The Labute approximate surface area is 118 Å². The summed E-state index contributed by atoms with van der Waals surface area (Å²) in [5.41, 5.74) is -0.316. The Morgan fingerprint density at radius 2 is 2.00 bits per heavy atom. The Kier molecular flexibility index (Phi) is 4.86. The molecule has 0 heterocycles. The fourth-order valence-corrected chi connectivity index (χ4v) is 2.67. The van der Waals surface area contributed by atoms with Gasteiger partial charge in [-0.25, -0.2) is 0 Å². The summed E-state index contributed by atoms with van der Waals surface area (Å²) in [6.45, 7) is 9.03. The zero-order valence-corrected chi connectivity index (χ0v) is 12.8. The van der Waals surface area contributed by atoms with Crippen LogP contribution in [-0.2, 0) is 0 Å². The van der Waals surface area contributed by atoms with Crippen molar-refractivity contribution in [3.8, 4) is 6.07 Å². The molecule has 0 amide bonds. The van der Waals surface area contributed by atoms with E-state index >= 15 is 0 Å². The number of rotatable bonds is 9. The summed E-state index contributed by atoms with van der Waals surface area (Å²) in [7, 11) is 0. The van der Waals surface area contributed by atoms with E-state index < -0.39 is 0 Å². The zero-order valence-electron chi connectivity index (χ0n) is 12.8. The van der Waals surface area contributed by atoms with Gasteiger partial charge in [-0.1, -0.05) is 0 Å². The summed E-state index contributed by atoms with van der Waals surface area (Å²) < 4.78 is 0. The zero-order chi connectivity index (χ0) is 13.9. The average molecular weight is 263 g/mol. The quantitative estimate of drug-likeness (QED) is 0.695. The second kappa shape index (κ2) is 6.24. The normalized spacial score (nSPS) is 22.5. The third-order valence-corrected chi connectivity index (χ3v) is 4.39. The summed E-state index contributed by atoms with van der Waals surface area (Å²) in [4.78, 5) is 2.59. The molecule has 2 saturated carbocycles. The van der Waals surface area contributed by atoms with Gasteiger partial charge in [-0.05, 0) is 71.8 Å². The molecule has 0 spiro atoms. The van der Waals surface area contributed by atoms with Crippen molar-refractivity contribution in [2.24, 2.45) is 5.92 Å². The van der Waals surface area contributed by atoms with Crippen molar-refractivity contribution in [1.82, 2.24) is 10.2 Å². The number of nitrogens with zero attached hydrogens (tertiary/aromatic N) is 2. The SMILES string of the molecule is CC(C)N(CCCC(C)(C#N)NC1CC1)CC1CC1. The third kappa shape index (κ3) is 5.12. The topological polar surface area (TPSA) is 39.1 Å². The van der Waals surface area contributed by atoms with E-state index in [9.17, 15) is 5.26 Å². The third-order valence-electron chi connectivity index (χ3n) is 4.39. The van der Waals surface area contributed by atoms with Crippen LogP contribution in [-0.4, -0.2) is 35.6 Å². The lowest BCUT2D eigenvalue weighted by Gasteiger charge is -2.29. The highest BCUT2D eigenvalue weighted by atomic mass is 15.1. The van der Waals surface area contributed by atoms with Gasteiger partial charge in [-0.3, -0.25) is 5.32 Å². The maximum atomic E-state index is 9.37. The molecule has 108 valence electrons. The van der Waals surface area contributed by atoms with Crippen LogP contribution in [0, 0.1) is 17.2 Å². The molecule has 2 fully saturated rings. The van der Waals surface area contributed by atoms with Crippen LogP contribution in [0.15, 0.2) is 0 Å². The molecule has 1 unspecified atom stereocenters. The van der Waals surface area contributed by atoms with Crippen LogP contribution in [0.3, 0.4) is 0 Å². The maximum Gasteiger partial charge on any atom is 0.104 e. The number of hydrogen-bond acceptors (Lipinski definition) is 3. The fraction of sp³-hybridized carbons (Fsp3) is 0.938. The van der Waals surface area contributed by atoms with Gasteiger partial charge in [0.15, 0.2) is 0 Å². The first-order valence-electron chi connectivity index (χ1n) is 7.95. The summed E-state index contributed by atoms with van der Waals surface area (Å²) in [6.07, 6.45) is 7.42. The van der Waals surface area contributed by atoms with Crippen molar-refractivity contribution in [3.63, 3.8) is 0 Å². The summed E-state index contributed by atoms with van der Waals surface area (Å²) >= 11 is 0. The van der Waals surface area contributed by atoms with E-state index in [0.717, 1.165) is 25.3 Å². The van der Waals surface area contributed by atoms with Gasteiger partial charge in [0.2, 0.25) is 0 Å². The van der Waals surface area contributed by atoms with E-state index in [4.69, 9.17) is 0 Å². The molecule has 0 saturated heterocycles. The highest BCUT2D eigenvalue weighted by Gasteiger charge is 2.32. The first-order chi connectivity index (χ1) is 9.02. The van der Waals surface area contributed by atoms with E-state index in [1.807, 2.05) is 0 Å². The van der Waals surface area contributed by atoms with Crippen molar-refractivity contribution in [3.05, 3.63) is 0 Å². The van der Waals surface area contributed by atoms with Crippen molar-refractivity contribution in [2.75, 3.05) is 13.1 Å². The van der Waals surface area contributed by atoms with Crippen LogP contribution < -0.4 is 5.32 Å². The Hall–Kier alpha value is -0.590. The molecule has 0 aromatic heterocycles. The summed E-state index contributed by atoms with van der Waals surface area (Å²) in [6, 6.07) is 3.71. The molecule has 0 aliphatic heterocycles. The summed E-state index contributed by atoms with van der Waals surface area (Å²) in [5, 5.41) is 12.9. The van der Waals surface area contributed by atoms with E-state index in [1.54, 1.807) is 0 Å². The molecule has 2 rings (SSSR count). The molecule has 0 radical (unpaired) electrons. The van der Waals surface area contributed by atoms with E-state index in [-0.39, 0.29) is 5.54 Å². The molecule has 1 atom stereocenters. The lowest BCUT2D eigenvalue weighted by molar-refractivity contribution is 0.202. The molecule has 2 aliphatic rings. The van der Waals surface area contributed by atoms with Gasteiger partial charge in [0.25, 0.3) is 0 Å². The maximum absolute atomic E-state index is 9.37. The Morgan fingerprint density at radius 3 is 2.47 bits per heavy atom. The van der Waals surface area contributed by atoms with Crippen molar-refractivity contribution in [1.29, 1.82) is 5.26 Å². The molecular weight excluding hydrogens is 234 g/mol. The minimum absolute atomic E-state index is 0.316. The van der Waals surface area contributed by atoms with Gasteiger partial charge in [-0.15, -0.1) is 0 Å². The first kappa shape index (κ1) is 14.8. The second-order valence-electron chi connectivity index (χ2n) is 7.00. The predicted molar refractivity (Wildman–Crippen MR) is 78.8 cm³/mol. The molecule has 0 aromatic carbocycles. The molecular formula is C16H29N3. The monoisotopic (exact) mass is 263 g/mol. The van der Waals surface area contributed by atoms with E-state index in [0.29, 0.717) is 12.1 Å². The molecule has 0 aromatic rings. The standard InChI is InChI=1S/C16H29N3/c1-13(2)19(11-14-5-6-14)10-4-9-16(3,12-17)18-15-7-8-15/h13-15,18H,4-11H2,1-3H3. The van der Waals surface area contributed by atoms with Crippen LogP contribution in [0.1, 0.15) is 59.3 Å². The highest BCUT2D eigenvalue weighted by molar-refractivity contribution is 5.07. The predicted octanol–water partition coefficient (Wildman–Crippen LogP) is 2.92. The van der Waals surface area contributed by atoms with Crippen molar-refractivity contribution < 1.29 is 0 Å². The largest absolute Gasteiger partial charge is 0.301 e. The number of nitriles is 1. The molecule has 1 N–H and O–H groups in total. The van der Waals surface area contributed by atoms with Gasteiger partial charge in [0, 0.05) is 18.6 Å². The lowest BCUT2D eigenvalue weighted by atomic mass is 9.97. The Balaban J connectivity index is 1.71. The van der Waals surface area contributed by atoms with Crippen LogP contribution >= 0.6 is 0 Å². The van der Waals surface area contributed by atoms with Crippen LogP contribution in [0.2, 0.25) is 0 Å². The molecule has 2 aliphatic carbocycles. The van der Waals surface area contributed by atoms with Crippen LogP contribution in [0.25, 0.3) is 0 Å². The number of nitrogens with one attached hydrogen (secondary N) is 1. The Bertz CT molecular complexity index is 325. The first-order valence-corrected chi connectivity index (χ1v) is 7.95. The van der Waals surface area contributed by atoms with Gasteiger partial charge in [-0.2, -0.15) is 5.26 Å². The minimum Gasteiger partial charge on any atom is -0.301 e. The highest BCUT2D eigenvalue weighted by Crippen LogP contribution is 2.30. The Morgan fingerprint density at radius 1 is 1.32 bits per heavy atom. The minimum atomic E-state index is -0.316. The van der Waals surface area contributed by atoms with Crippen molar-refractivity contribution in [2.45, 2.75) is 76.9 Å². The van der Waals surface area contributed by atoms with Gasteiger partial charge in [0.1, 0.15) is 5.54 Å². The fourth-order valence-electron chi connectivity index (χ4n) is 2.67. The molecule has 0 bridgehead atoms. The van der Waals surface area contributed by atoms with Crippen LogP contribution in [0.4, 0.5) is 0 Å².